The lowest BCUT2D eigenvalue weighted by Gasteiger charge is -2.05. The van der Waals surface area contributed by atoms with Crippen molar-refractivity contribution in [3.63, 3.8) is 0 Å². The minimum absolute atomic E-state index is 0.564. The third kappa shape index (κ3) is 3.05. The molecule has 84 valence electrons. The zero-order chi connectivity index (χ0) is 11.2. The summed E-state index contributed by atoms with van der Waals surface area (Å²) in [5.74, 6) is 0. The Labute approximate surface area is 99.3 Å². The molecule has 0 bridgehead atoms. The summed E-state index contributed by atoms with van der Waals surface area (Å²) in [5, 5.41) is 7.98. The van der Waals surface area contributed by atoms with Gasteiger partial charge in [-0.15, -0.1) is 0 Å². The Bertz CT molecular complexity index is 427. The van der Waals surface area contributed by atoms with E-state index in [-0.39, 0.29) is 0 Å². The first kappa shape index (κ1) is 11.1. The van der Waals surface area contributed by atoms with Crippen molar-refractivity contribution < 1.29 is 0 Å². The predicted molar refractivity (Wildman–Crippen MR) is 63.2 cm³/mol. The van der Waals surface area contributed by atoms with Crippen LogP contribution in [0.15, 0.2) is 36.8 Å². The average molecular weight is 237 g/mol. The Morgan fingerprint density at radius 3 is 3.00 bits per heavy atom. The molecule has 0 saturated carbocycles. The molecular formula is C11H13ClN4. The Kier molecular flexibility index (Phi) is 3.91. The fourth-order valence-electron chi connectivity index (χ4n) is 1.40. The molecule has 0 fully saturated rings. The SMILES string of the molecule is Clc1ncccc1CNCCn1cccn1. The van der Waals surface area contributed by atoms with Gasteiger partial charge >= 0.3 is 0 Å². The van der Waals surface area contributed by atoms with Crippen molar-refractivity contribution in [3.05, 3.63) is 47.5 Å². The molecule has 0 aliphatic heterocycles. The van der Waals surface area contributed by atoms with Gasteiger partial charge in [0.15, 0.2) is 0 Å². The summed E-state index contributed by atoms with van der Waals surface area (Å²) < 4.78 is 1.89. The van der Waals surface area contributed by atoms with Gasteiger partial charge in [-0.05, 0) is 12.1 Å². The topological polar surface area (TPSA) is 42.7 Å². The molecule has 0 atom stereocenters. The van der Waals surface area contributed by atoms with Crippen molar-refractivity contribution in [2.45, 2.75) is 13.1 Å². The molecule has 0 unspecified atom stereocenters. The maximum Gasteiger partial charge on any atom is 0.133 e. The summed E-state index contributed by atoms with van der Waals surface area (Å²) in [6, 6.07) is 5.77. The Balaban J connectivity index is 1.74. The summed E-state index contributed by atoms with van der Waals surface area (Å²) >= 11 is 5.93. The number of rotatable bonds is 5. The molecule has 0 spiro atoms. The van der Waals surface area contributed by atoms with Gasteiger partial charge in [0.1, 0.15) is 5.15 Å². The molecule has 1 N–H and O–H groups in total. The highest BCUT2D eigenvalue weighted by molar-refractivity contribution is 6.30. The van der Waals surface area contributed by atoms with Crippen molar-refractivity contribution in [3.8, 4) is 0 Å². The zero-order valence-electron chi connectivity index (χ0n) is 8.81. The van der Waals surface area contributed by atoms with Crippen LogP contribution in [0.4, 0.5) is 0 Å². The quantitative estimate of drug-likeness (QED) is 0.635. The second kappa shape index (κ2) is 5.63. The highest BCUT2D eigenvalue weighted by Gasteiger charge is 1.98. The van der Waals surface area contributed by atoms with E-state index in [1.807, 2.05) is 29.1 Å². The molecule has 0 aliphatic rings. The molecule has 2 rings (SSSR count). The van der Waals surface area contributed by atoms with E-state index in [4.69, 9.17) is 11.6 Å². The number of halogens is 1. The summed E-state index contributed by atoms with van der Waals surface area (Å²) in [6.07, 6.45) is 5.41. The Morgan fingerprint density at radius 2 is 2.25 bits per heavy atom. The third-order valence-corrected chi connectivity index (χ3v) is 2.57. The van der Waals surface area contributed by atoms with E-state index in [1.54, 1.807) is 12.4 Å². The lowest BCUT2D eigenvalue weighted by Crippen LogP contribution is -2.20. The van der Waals surface area contributed by atoms with Crippen LogP contribution in [0.5, 0.6) is 0 Å². The first-order valence-electron chi connectivity index (χ1n) is 5.14. The van der Waals surface area contributed by atoms with Crippen LogP contribution in [-0.4, -0.2) is 21.3 Å². The molecule has 0 aliphatic carbocycles. The number of aromatic nitrogens is 3. The van der Waals surface area contributed by atoms with Gasteiger partial charge in [-0.25, -0.2) is 4.98 Å². The van der Waals surface area contributed by atoms with Crippen LogP contribution in [0, 0.1) is 0 Å². The fraction of sp³-hybridized carbons (Fsp3) is 0.273. The first-order valence-corrected chi connectivity index (χ1v) is 5.51. The fourth-order valence-corrected chi connectivity index (χ4v) is 1.59. The third-order valence-electron chi connectivity index (χ3n) is 2.23. The average Bonchev–Trinajstić information content (AvgIpc) is 2.79. The molecule has 5 heteroatoms. The summed E-state index contributed by atoms with van der Waals surface area (Å²) in [7, 11) is 0. The van der Waals surface area contributed by atoms with E-state index in [9.17, 15) is 0 Å². The molecule has 2 heterocycles. The van der Waals surface area contributed by atoms with E-state index < -0.39 is 0 Å². The number of hydrogen-bond acceptors (Lipinski definition) is 3. The minimum atomic E-state index is 0.564. The van der Waals surface area contributed by atoms with E-state index in [0.717, 1.165) is 25.2 Å². The number of pyridine rings is 1. The molecule has 16 heavy (non-hydrogen) atoms. The molecule has 0 amide bonds. The minimum Gasteiger partial charge on any atom is -0.311 e. The van der Waals surface area contributed by atoms with Crippen LogP contribution in [-0.2, 0) is 13.1 Å². The van der Waals surface area contributed by atoms with Crippen molar-refractivity contribution in [2.75, 3.05) is 6.54 Å². The van der Waals surface area contributed by atoms with Gasteiger partial charge in [-0.1, -0.05) is 17.7 Å². The van der Waals surface area contributed by atoms with Crippen molar-refractivity contribution in [2.24, 2.45) is 0 Å². The number of nitrogens with one attached hydrogen (secondary N) is 1. The van der Waals surface area contributed by atoms with Gasteiger partial charge in [-0.2, -0.15) is 5.10 Å². The molecular weight excluding hydrogens is 224 g/mol. The van der Waals surface area contributed by atoms with Crippen LogP contribution in [0.25, 0.3) is 0 Å². The van der Waals surface area contributed by atoms with Crippen molar-refractivity contribution >= 4 is 11.6 Å². The summed E-state index contributed by atoms with van der Waals surface area (Å²) in [4.78, 5) is 4.02. The van der Waals surface area contributed by atoms with E-state index in [2.05, 4.69) is 15.4 Å². The van der Waals surface area contributed by atoms with Crippen LogP contribution in [0.1, 0.15) is 5.56 Å². The Hall–Kier alpha value is -1.39. The number of nitrogens with zero attached hydrogens (tertiary/aromatic N) is 3. The highest BCUT2D eigenvalue weighted by atomic mass is 35.5. The lowest BCUT2D eigenvalue weighted by molar-refractivity contribution is 0.554. The number of hydrogen-bond donors (Lipinski definition) is 1. The maximum atomic E-state index is 5.93. The van der Waals surface area contributed by atoms with Crippen LogP contribution >= 0.6 is 11.6 Å². The zero-order valence-corrected chi connectivity index (χ0v) is 9.56. The van der Waals surface area contributed by atoms with Crippen LogP contribution in [0.2, 0.25) is 5.15 Å². The van der Waals surface area contributed by atoms with Gasteiger partial charge in [0.25, 0.3) is 0 Å². The second-order valence-corrected chi connectivity index (χ2v) is 3.76. The Morgan fingerprint density at radius 1 is 1.31 bits per heavy atom. The maximum absolute atomic E-state index is 5.93. The highest BCUT2D eigenvalue weighted by Crippen LogP contribution is 2.10. The van der Waals surface area contributed by atoms with Crippen molar-refractivity contribution in [1.82, 2.24) is 20.1 Å². The largest absolute Gasteiger partial charge is 0.311 e. The molecule has 2 aromatic rings. The van der Waals surface area contributed by atoms with E-state index in [0.29, 0.717) is 5.15 Å². The van der Waals surface area contributed by atoms with Crippen LogP contribution < -0.4 is 5.32 Å². The molecule has 2 aromatic heterocycles. The van der Waals surface area contributed by atoms with Crippen LogP contribution in [0.3, 0.4) is 0 Å². The van der Waals surface area contributed by atoms with Gasteiger partial charge in [0.2, 0.25) is 0 Å². The molecule has 0 saturated heterocycles. The lowest BCUT2D eigenvalue weighted by atomic mass is 10.3. The van der Waals surface area contributed by atoms with Gasteiger partial charge < -0.3 is 5.32 Å². The second-order valence-electron chi connectivity index (χ2n) is 3.40. The van der Waals surface area contributed by atoms with Crippen molar-refractivity contribution in [1.29, 1.82) is 0 Å². The predicted octanol–water partition coefficient (Wildman–Crippen LogP) is 1.72. The normalized spacial score (nSPS) is 10.6. The molecule has 0 radical (unpaired) electrons. The molecule has 4 nitrogen and oxygen atoms in total. The summed E-state index contributed by atoms with van der Waals surface area (Å²) in [6.45, 7) is 2.44. The first-order chi connectivity index (χ1) is 7.86. The smallest absolute Gasteiger partial charge is 0.133 e. The summed E-state index contributed by atoms with van der Waals surface area (Å²) in [5.41, 5.74) is 1.02. The molecule has 0 aromatic carbocycles. The van der Waals surface area contributed by atoms with Gasteiger partial charge in [0, 0.05) is 37.2 Å². The van der Waals surface area contributed by atoms with E-state index >= 15 is 0 Å². The monoisotopic (exact) mass is 236 g/mol. The van der Waals surface area contributed by atoms with E-state index in [1.165, 1.54) is 0 Å². The standard InChI is InChI=1S/C11H13ClN4/c12-11-10(3-1-4-14-11)9-13-6-8-16-7-2-5-15-16/h1-5,7,13H,6,8-9H2. The van der Waals surface area contributed by atoms with Gasteiger partial charge in [-0.3, -0.25) is 4.68 Å². The van der Waals surface area contributed by atoms with Gasteiger partial charge in [0.05, 0.1) is 6.54 Å².